The molecule has 0 spiro atoms. The molecule has 0 radical (unpaired) electrons. The number of aromatic amines is 1. The van der Waals surface area contributed by atoms with Crippen LogP contribution in [0.2, 0.25) is 0 Å². The summed E-state index contributed by atoms with van der Waals surface area (Å²) in [6.07, 6.45) is 3.16. The van der Waals surface area contributed by atoms with Crippen LogP contribution in [0, 0.1) is 5.92 Å². The largest absolute Gasteiger partial charge is 0.376 e. The Morgan fingerprint density at radius 3 is 2.94 bits per heavy atom. The second-order valence-electron chi connectivity index (χ2n) is 4.98. The highest BCUT2D eigenvalue weighted by Gasteiger charge is 2.20. The molecule has 1 saturated heterocycles. The van der Waals surface area contributed by atoms with E-state index in [2.05, 4.69) is 10.4 Å². The lowest BCUT2D eigenvalue weighted by Crippen LogP contribution is -2.32. The average molecular weight is 237 g/mol. The number of hydrogen-bond acceptors (Lipinski definition) is 3. The van der Waals surface area contributed by atoms with E-state index < -0.39 is 0 Å². The number of piperidine rings is 1. The summed E-state index contributed by atoms with van der Waals surface area (Å²) in [5.41, 5.74) is 2.04. The van der Waals surface area contributed by atoms with Crippen LogP contribution in [-0.4, -0.2) is 29.5 Å². The third-order valence-electron chi connectivity index (χ3n) is 3.78. The van der Waals surface area contributed by atoms with E-state index in [-0.39, 0.29) is 5.56 Å². The third-order valence-corrected chi connectivity index (χ3v) is 3.78. The van der Waals surface area contributed by atoms with Crippen LogP contribution in [-0.2, 0) is 24.3 Å². The molecule has 5 heteroatoms. The van der Waals surface area contributed by atoms with Gasteiger partial charge in [0.2, 0.25) is 0 Å². The molecule has 2 aliphatic heterocycles. The zero-order chi connectivity index (χ0) is 11.7. The van der Waals surface area contributed by atoms with Gasteiger partial charge in [-0.05, 0) is 31.8 Å². The van der Waals surface area contributed by atoms with Crippen LogP contribution in [0.1, 0.15) is 24.1 Å². The molecule has 3 heterocycles. The van der Waals surface area contributed by atoms with E-state index in [1.54, 1.807) is 4.68 Å². The number of fused-ring (bicyclic) bond motifs is 1. The predicted octanol–water partition coefficient (Wildman–Crippen LogP) is 0.249. The Morgan fingerprint density at radius 1 is 1.35 bits per heavy atom. The first-order valence-electron chi connectivity index (χ1n) is 6.43. The van der Waals surface area contributed by atoms with Crippen LogP contribution >= 0.6 is 0 Å². The van der Waals surface area contributed by atoms with Gasteiger partial charge in [-0.15, -0.1) is 0 Å². The fraction of sp³-hybridized carbons (Fsp3) is 0.750. The van der Waals surface area contributed by atoms with Gasteiger partial charge in [0, 0.05) is 18.7 Å². The molecular weight excluding hydrogens is 218 g/mol. The Labute approximate surface area is 100 Å². The molecule has 0 amide bonds. The summed E-state index contributed by atoms with van der Waals surface area (Å²) >= 11 is 0. The van der Waals surface area contributed by atoms with Gasteiger partial charge >= 0.3 is 0 Å². The lowest BCUT2D eigenvalue weighted by atomic mass is 9.98. The number of rotatable bonds is 2. The van der Waals surface area contributed by atoms with Crippen molar-refractivity contribution in [3.63, 3.8) is 0 Å². The summed E-state index contributed by atoms with van der Waals surface area (Å²) in [5, 5.41) is 6.60. The molecule has 0 saturated carbocycles. The van der Waals surface area contributed by atoms with Gasteiger partial charge in [-0.2, -0.15) is 0 Å². The molecule has 3 rings (SSSR count). The third kappa shape index (κ3) is 2.17. The van der Waals surface area contributed by atoms with Gasteiger partial charge in [0.25, 0.3) is 5.56 Å². The van der Waals surface area contributed by atoms with Crippen molar-refractivity contribution in [2.45, 2.75) is 32.4 Å². The van der Waals surface area contributed by atoms with Gasteiger partial charge in [0.1, 0.15) is 0 Å². The standard InChI is InChI=1S/C12H19N3O2/c16-12-10-8-17-6-3-11(10)14-15(12)7-9-1-4-13-5-2-9/h9,13-14H,1-8H2. The first-order chi connectivity index (χ1) is 8.34. The van der Waals surface area contributed by atoms with Crippen molar-refractivity contribution < 1.29 is 4.74 Å². The van der Waals surface area contributed by atoms with Crippen molar-refractivity contribution >= 4 is 0 Å². The van der Waals surface area contributed by atoms with Crippen molar-refractivity contribution in [3.05, 3.63) is 21.6 Å². The molecule has 94 valence electrons. The van der Waals surface area contributed by atoms with Crippen LogP contribution < -0.4 is 10.9 Å². The number of ether oxygens (including phenoxy) is 1. The van der Waals surface area contributed by atoms with Crippen molar-refractivity contribution in [2.75, 3.05) is 19.7 Å². The molecule has 1 aromatic heterocycles. The maximum Gasteiger partial charge on any atom is 0.272 e. The minimum Gasteiger partial charge on any atom is -0.376 e. The summed E-state index contributed by atoms with van der Waals surface area (Å²) in [7, 11) is 0. The summed E-state index contributed by atoms with van der Waals surface area (Å²) in [6, 6.07) is 0. The lowest BCUT2D eigenvalue weighted by Gasteiger charge is -2.22. The van der Waals surface area contributed by atoms with Gasteiger partial charge in [-0.3, -0.25) is 14.6 Å². The summed E-state index contributed by atoms with van der Waals surface area (Å²) in [5.74, 6) is 0.620. The zero-order valence-electron chi connectivity index (χ0n) is 10.00. The average Bonchev–Trinajstić information content (AvgIpc) is 2.68. The van der Waals surface area contributed by atoms with Crippen molar-refractivity contribution in [1.29, 1.82) is 0 Å². The molecule has 0 aliphatic carbocycles. The van der Waals surface area contributed by atoms with Gasteiger partial charge < -0.3 is 10.1 Å². The van der Waals surface area contributed by atoms with Gasteiger partial charge in [-0.1, -0.05) is 0 Å². The zero-order valence-corrected chi connectivity index (χ0v) is 10.00. The number of nitrogens with one attached hydrogen (secondary N) is 2. The predicted molar refractivity (Wildman–Crippen MR) is 64.0 cm³/mol. The Balaban J connectivity index is 1.78. The molecule has 5 nitrogen and oxygen atoms in total. The minimum absolute atomic E-state index is 0.123. The molecule has 0 bridgehead atoms. The normalized spacial score (nSPS) is 21.4. The number of hydrogen-bond donors (Lipinski definition) is 2. The Hall–Kier alpha value is -1.07. The van der Waals surface area contributed by atoms with Gasteiger partial charge in [0.05, 0.1) is 18.8 Å². The lowest BCUT2D eigenvalue weighted by molar-refractivity contribution is 0.109. The second-order valence-corrected chi connectivity index (χ2v) is 4.98. The molecule has 2 N–H and O–H groups in total. The first-order valence-corrected chi connectivity index (χ1v) is 6.43. The van der Waals surface area contributed by atoms with Crippen molar-refractivity contribution in [2.24, 2.45) is 5.92 Å². The van der Waals surface area contributed by atoms with Crippen LogP contribution in [0.4, 0.5) is 0 Å². The van der Waals surface area contributed by atoms with Gasteiger partial charge in [-0.25, -0.2) is 0 Å². The first kappa shape index (κ1) is 11.0. The van der Waals surface area contributed by atoms with E-state index in [1.165, 1.54) is 0 Å². The molecule has 2 aliphatic rings. The monoisotopic (exact) mass is 237 g/mol. The Bertz CT molecular complexity index is 443. The molecule has 17 heavy (non-hydrogen) atoms. The number of aromatic nitrogens is 2. The molecular formula is C12H19N3O2. The SMILES string of the molecule is O=c1c2c([nH]n1CC1CCNCC1)CCOC2. The number of H-pyrrole nitrogens is 1. The van der Waals surface area contributed by atoms with Crippen LogP contribution in [0.15, 0.2) is 4.79 Å². The molecule has 1 fully saturated rings. The van der Waals surface area contributed by atoms with E-state index >= 15 is 0 Å². The number of nitrogens with zero attached hydrogens (tertiary/aromatic N) is 1. The van der Waals surface area contributed by atoms with E-state index in [9.17, 15) is 4.79 Å². The highest BCUT2D eigenvalue weighted by atomic mass is 16.5. The summed E-state index contributed by atoms with van der Waals surface area (Å²) in [4.78, 5) is 12.1. The van der Waals surface area contributed by atoms with Crippen molar-refractivity contribution in [3.8, 4) is 0 Å². The summed E-state index contributed by atoms with van der Waals surface area (Å²) < 4.78 is 7.12. The molecule has 1 aromatic rings. The Kier molecular flexibility index (Phi) is 3.03. The molecule has 0 aromatic carbocycles. The van der Waals surface area contributed by atoms with Crippen LogP contribution in [0.3, 0.4) is 0 Å². The van der Waals surface area contributed by atoms with Crippen molar-refractivity contribution in [1.82, 2.24) is 15.1 Å². The highest BCUT2D eigenvalue weighted by molar-refractivity contribution is 5.18. The van der Waals surface area contributed by atoms with E-state index in [4.69, 9.17) is 4.74 Å². The smallest absolute Gasteiger partial charge is 0.272 e. The summed E-state index contributed by atoms with van der Waals surface area (Å²) in [6.45, 7) is 4.17. The fourth-order valence-corrected chi connectivity index (χ4v) is 2.73. The Morgan fingerprint density at radius 2 is 2.18 bits per heavy atom. The van der Waals surface area contributed by atoms with Crippen LogP contribution in [0.5, 0.6) is 0 Å². The highest BCUT2D eigenvalue weighted by Crippen LogP contribution is 2.15. The maximum atomic E-state index is 12.1. The minimum atomic E-state index is 0.123. The topological polar surface area (TPSA) is 59.0 Å². The van der Waals surface area contributed by atoms with Crippen LogP contribution in [0.25, 0.3) is 0 Å². The quantitative estimate of drug-likeness (QED) is 0.775. The fourth-order valence-electron chi connectivity index (χ4n) is 2.73. The van der Waals surface area contributed by atoms with E-state index in [0.717, 1.165) is 56.8 Å². The second kappa shape index (κ2) is 4.66. The maximum absolute atomic E-state index is 12.1. The van der Waals surface area contributed by atoms with E-state index in [1.807, 2.05) is 0 Å². The van der Waals surface area contributed by atoms with E-state index in [0.29, 0.717) is 12.5 Å². The molecule has 0 atom stereocenters. The molecule has 0 unspecified atom stereocenters. The van der Waals surface area contributed by atoms with Gasteiger partial charge in [0.15, 0.2) is 0 Å².